The van der Waals surface area contributed by atoms with Gasteiger partial charge in [0.2, 0.25) is 0 Å². The van der Waals surface area contributed by atoms with Crippen LogP contribution in [0.2, 0.25) is 0 Å². The lowest BCUT2D eigenvalue weighted by atomic mass is 10.3. The van der Waals surface area contributed by atoms with Gasteiger partial charge < -0.3 is 15.6 Å². The molecule has 0 fully saturated rings. The quantitative estimate of drug-likeness (QED) is 0.585. The van der Waals surface area contributed by atoms with Gasteiger partial charge in [-0.25, -0.2) is 4.79 Å². The van der Waals surface area contributed by atoms with Gasteiger partial charge in [-0.2, -0.15) is 0 Å². The largest absolute Gasteiger partial charge is 0.481 e. The number of carbonyl (C=O) groups excluding carboxylic acids is 1. The second-order valence-corrected chi connectivity index (χ2v) is 1.85. The summed E-state index contributed by atoms with van der Waals surface area (Å²) in [5, 5.41) is 8.16. The maximum absolute atomic E-state index is 10.00. The third-order valence-corrected chi connectivity index (χ3v) is 0.779. The lowest BCUT2D eigenvalue weighted by Gasteiger charge is -2.06. The van der Waals surface area contributed by atoms with E-state index >= 15 is 0 Å². The van der Waals surface area contributed by atoms with Crippen molar-refractivity contribution in [1.29, 1.82) is 0 Å². The monoisotopic (exact) mass is 147 g/mol. The lowest BCUT2D eigenvalue weighted by Crippen LogP contribution is -2.22. The van der Waals surface area contributed by atoms with Crippen LogP contribution in [0.1, 0.15) is 13.3 Å². The van der Waals surface area contributed by atoms with Gasteiger partial charge in [-0.1, -0.05) is 0 Å². The van der Waals surface area contributed by atoms with E-state index < -0.39 is 18.2 Å². The van der Waals surface area contributed by atoms with Crippen molar-refractivity contribution in [2.45, 2.75) is 19.4 Å². The minimum absolute atomic E-state index is 0.219. The highest BCUT2D eigenvalue weighted by Gasteiger charge is 2.09. The molecule has 0 unspecified atom stereocenters. The number of hydrogen-bond donors (Lipinski definition) is 2. The highest BCUT2D eigenvalue weighted by molar-refractivity contribution is 5.69. The average molecular weight is 147 g/mol. The van der Waals surface area contributed by atoms with E-state index in [0.29, 0.717) is 0 Å². The lowest BCUT2D eigenvalue weighted by molar-refractivity contribution is -0.138. The van der Waals surface area contributed by atoms with Gasteiger partial charge in [0.05, 0.1) is 6.42 Å². The van der Waals surface area contributed by atoms with Crippen LogP contribution in [0.25, 0.3) is 0 Å². The van der Waals surface area contributed by atoms with Gasteiger partial charge in [0, 0.05) is 0 Å². The molecular weight excluding hydrogens is 138 g/mol. The molecule has 0 aliphatic heterocycles. The van der Waals surface area contributed by atoms with Crippen molar-refractivity contribution in [3.63, 3.8) is 0 Å². The van der Waals surface area contributed by atoms with E-state index in [9.17, 15) is 9.59 Å². The number of aliphatic carboxylic acids is 1. The number of carboxylic acid groups (broad SMARTS) is 1. The van der Waals surface area contributed by atoms with Gasteiger partial charge in [0.25, 0.3) is 0 Å². The van der Waals surface area contributed by atoms with Crippen LogP contribution >= 0.6 is 0 Å². The Morgan fingerprint density at radius 1 is 1.70 bits per heavy atom. The average Bonchev–Trinajstić information content (AvgIpc) is 1.58. The molecule has 0 spiro atoms. The van der Waals surface area contributed by atoms with Crippen LogP contribution in [0.3, 0.4) is 0 Å². The SMILES string of the molecule is C[C@H](CC(=O)O)OC(N)=O. The van der Waals surface area contributed by atoms with Crippen molar-refractivity contribution in [3.05, 3.63) is 0 Å². The van der Waals surface area contributed by atoms with Crippen LogP contribution in [-0.4, -0.2) is 23.3 Å². The van der Waals surface area contributed by atoms with Gasteiger partial charge in [0.1, 0.15) is 6.10 Å². The molecule has 0 saturated heterocycles. The molecule has 0 aromatic heterocycles. The van der Waals surface area contributed by atoms with E-state index in [1.165, 1.54) is 6.92 Å². The van der Waals surface area contributed by atoms with Crippen LogP contribution in [0, 0.1) is 0 Å². The summed E-state index contributed by atoms with van der Waals surface area (Å²) in [5.74, 6) is -1.02. The first kappa shape index (κ1) is 8.74. The van der Waals surface area contributed by atoms with Crippen molar-refractivity contribution in [2.75, 3.05) is 0 Å². The molecule has 0 aliphatic rings. The Morgan fingerprint density at radius 3 is 2.50 bits per heavy atom. The van der Waals surface area contributed by atoms with Crippen molar-refractivity contribution < 1.29 is 19.4 Å². The molecule has 5 heteroatoms. The van der Waals surface area contributed by atoms with Crippen LogP contribution in [0.15, 0.2) is 0 Å². The fourth-order valence-corrected chi connectivity index (χ4v) is 0.486. The number of hydrogen-bond acceptors (Lipinski definition) is 3. The number of primary amides is 1. The fourth-order valence-electron chi connectivity index (χ4n) is 0.486. The number of ether oxygens (including phenoxy) is 1. The Kier molecular flexibility index (Phi) is 3.24. The van der Waals surface area contributed by atoms with Gasteiger partial charge in [0.15, 0.2) is 0 Å². The molecule has 0 rings (SSSR count). The van der Waals surface area contributed by atoms with Crippen molar-refractivity contribution in [2.24, 2.45) is 5.73 Å². The van der Waals surface area contributed by atoms with Crippen molar-refractivity contribution in [1.82, 2.24) is 0 Å². The smallest absolute Gasteiger partial charge is 0.404 e. The summed E-state index contributed by atoms with van der Waals surface area (Å²) >= 11 is 0. The molecule has 0 bridgehead atoms. The molecule has 0 aromatic carbocycles. The van der Waals surface area contributed by atoms with Gasteiger partial charge in [-0.15, -0.1) is 0 Å². The van der Waals surface area contributed by atoms with E-state index in [2.05, 4.69) is 10.5 Å². The molecule has 1 atom stereocenters. The normalized spacial score (nSPS) is 12.1. The number of nitrogens with two attached hydrogens (primary N) is 1. The van der Waals surface area contributed by atoms with Crippen LogP contribution in [-0.2, 0) is 9.53 Å². The molecule has 0 radical (unpaired) electrons. The van der Waals surface area contributed by atoms with Gasteiger partial charge in [-0.3, -0.25) is 4.79 Å². The standard InChI is InChI=1S/C5H9NO4/c1-3(2-4(7)8)10-5(6)9/h3H,2H2,1H3,(H2,6,9)(H,7,8)/t3-/m1/s1. The molecule has 0 aliphatic carbocycles. The summed E-state index contributed by atoms with van der Waals surface area (Å²) < 4.78 is 4.32. The molecule has 0 heterocycles. The van der Waals surface area contributed by atoms with Crippen LogP contribution in [0.4, 0.5) is 4.79 Å². The predicted molar refractivity (Wildman–Crippen MR) is 32.4 cm³/mol. The summed E-state index contributed by atoms with van der Waals surface area (Å²) in [7, 11) is 0. The Morgan fingerprint density at radius 2 is 2.20 bits per heavy atom. The summed E-state index contributed by atoms with van der Waals surface area (Å²) in [5.41, 5.74) is 4.61. The first-order valence-corrected chi connectivity index (χ1v) is 2.70. The van der Waals surface area contributed by atoms with E-state index in [0.717, 1.165) is 0 Å². The zero-order valence-corrected chi connectivity index (χ0v) is 5.53. The van der Waals surface area contributed by atoms with Crippen molar-refractivity contribution >= 4 is 12.1 Å². The zero-order valence-electron chi connectivity index (χ0n) is 5.53. The maximum atomic E-state index is 10.00. The maximum Gasteiger partial charge on any atom is 0.404 e. The van der Waals surface area contributed by atoms with Gasteiger partial charge >= 0.3 is 12.1 Å². The Hall–Kier alpha value is -1.26. The minimum Gasteiger partial charge on any atom is -0.481 e. The minimum atomic E-state index is -1.02. The molecule has 5 nitrogen and oxygen atoms in total. The highest BCUT2D eigenvalue weighted by Crippen LogP contribution is 1.95. The zero-order chi connectivity index (χ0) is 8.15. The molecule has 3 N–H and O–H groups in total. The third kappa shape index (κ3) is 4.89. The number of amides is 1. The molecule has 10 heavy (non-hydrogen) atoms. The summed E-state index contributed by atoms with van der Waals surface area (Å²) in [6.07, 6.45) is -1.83. The van der Waals surface area contributed by atoms with Crippen LogP contribution in [0.5, 0.6) is 0 Å². The van der Waals surface area contributed by atoms with E-state index in [4.69, 9.17) is 5.11 Å². The summed E-state index contributed by atoms with van der Waals surface area (Å²) in [6, 6.07) is 0. The first-order valence-electron chi connectivity index (χ1n) is 2.70. The third-order valence-electron chi connectivity index (χ3n) is 0.779. The van der Waals surface area contributed by atoms with E-state index in [-0.39, 0.29) is 6.42 Å². The predicted octanol–water partition coefficient (Wildman–Crippen LogP) is -0.0551. The van der Waals surface area contributed by atoms with E-state index in [1.54, 1.807) is 0 Å². The van der Waals surface area contributed by atoms with Gasteiger partial charge in [-0.05, 0) is 6.92 Å². The number of carbonyl (C=O) groups is 2. The Bertz CT molecular complexity index is 129. The second kappa shape index (κ2) is 3.71. The van der Waals surface area contributed by atoms with Crippen molar-refractivity contribution in [3.8, 4) is 0 Å². The molecule has 0 aromatic rings. The van der Waals surface area contributed by atoms with E-state index in [1.807, 2.05) is 0 Å². The molecule has 58 valence electrons. The molecule has 0 saturated carbocycles. The molecule has 1 amide bonds. The second-order valence-electron chi connectivity index (χ2n) is 1.85. The highest BCUT2D eigenvalue weighted by atomic mass is 16.6. The summed E-state index contributed by atoms with van der Waals surface area (Å²) in [6.45, 7) is 1.46. The number of rotatable bonds is 3. The fraction of sp³-hybridized carbons (Fsp3) is 0.600. The Labute approximate surface area is 57.8 Å². The first-order chi connectivity index (χ1) is 4.52. The Balaban J connectivity index is 3.53. The summed E-state index contributed by atoms with van der Waals surface area (Å²) in [4.78, 5) is 20.0. The number of carboxylic acids is 1. The topological polar surface area (TPSA) is 89.6 Å². The molecular formula is C5H9NO4. The van der Waals surface area contributed by atoms with Crippen LogP contribution < -0.4 is 5.73 Å².